The summed E-state index contributed by atoms with van der Waals surface area (Å²) in [7, 11) is 0. The molecule has 0 radical (unpaired) electrons. The van der Waals surface area contributed by atoms with E-state index >= 15 is 0 Å². The third-order valence-corrected chi connectivity index (χ3v) is 7.83. The van der Waals surface area contributed by atoms with Gasteiger partial charge in [-0.25, -0.2) is 9.78 Å². The molecule has 1 fully saturated rings. The quantitative estimate of drug-likeness (QED) is 0.386. The summed E-state index contributed by atoms with van der Waals surface area (Å²) < 4.78 is 12.2. The van der Waals surface area contributed by atoms with Crippen molar-refractivity contribution in [2.45, 2.75) is 68.9 Å². The highest BCUT2D eigenvalue weighted by atomic mass is 32.2. The molecule has 1 aliphatic heterocycles. The first-order valence-electron chi connectivity index (χ1n) is 11.3. The van der Waals surface area contributed by atoms with E-state index in [9.17, 15) is 9.59 Å². The SMILES string of the molecule is CC(C)OC(=O)c1csc(SCCN2C(=O)CC[C@@H]2COc2cccc3c2CCCC3)n1. The Bertz CT molecular complexity index is 959. The van der Waals surface area contributed by atoms with Crippen LogP contribution >= 0.6 is 23.1 Å². The zero-order chi connectivity index (χ0) is 22.5. The van der Waals surface area contributed by atoms with Gasteiger partial charge in [-0.1, -0.05) is 23.9 Å². The van der Waals surface area contributed by atoms with Gasteiger partial charge < -0.3 is 14.4 Å². The Labute approximate surface area is 197 Å². The lowest BCUT2D eigenvalue weighted by molar-refractivity contribution is -0.129. The molecule has 0 saturated carbocycles. The summed E-state index contributed by atoms with van der Waals surface area (Å²) in [4.78, 5) is 30.7. The number of fused-ring (bicyclic) bond motifs is 1. The fourth-order valence-corrected chi connectivity index (χ4v) is 6.07. The second-order valence-corrected chi connectivity index (χ2v) is 10.7. The number of thiazole rings is 1. The van der Waals surface area contributed by atoms with E-state index in [4.69, 9.17) is 9.47 Å². The zero-order valence-corrected chi connectivity index (χ0v) is 20.3. The number of ether oxygens (including phenoxy) is 2. The highest BCUT2D eigenvalue weighted by Crippen LogP contribution is 2.31. The van der Waals surface area contributed by atoms with E-state index < -0.39 is 5.97 Å². The van der Waals surface area contributed by atoms with E-state index in [2.05, 4.69) is 23.2 Å². The minimum atomic E-state index is -0.391. The molecular weight excluding hydrogens is 444 g/mol. The number of benzene rings is 1. The number of aromatic nitrogens is 1. The fraction of sp³-hybridized carbons (Fsp3) is 0.542. The number of rotatable bonds is 9. The summed E-state index contributed by atoms with van der Waals surface area (Å²) in [5.74, 6) is 1.52. The summed E-state index contributed by atoms with van der Waals surface area (Å²) in [5.41, 5.74) is 3.10. The van der Waals surface area contributed by atoms with E-state index in [0.29, 0.717) is 25.3 Å². The number of likely N-dealkylation sites (tertiary alicyclic amines) is 1. The molecule has 2 aliphatic rings. The molecule has 1 atom stereocenters. The van der Waals surface area contributed by atoms with Crippen molar-refractivity contribution in [1.82, 2.24) is 9.88 Å². The fourth-order valence-electron chi connectivity index (χ4n) is 4.26. The lowest BCUT2D eigenvalue weighted by atomic mass is 9.91. The summed E-state index contributed by atoms with van der Waals surface area (Å²) >= 11 is 3.00. The van der Waals surface area contributed by atoms with Crippen LogP contribution in [0.4, 0.5) is 0 Å². The first-order chi connectivity index (χ1) is 15.5. The van der Waals surface area contributed by atoms with Gasteiger partial charge in [-0.15, -0.1) is 11.3 Å². The molecule has 0 N–H and O–H groups in total. The summed E-state index contributed by atoms with van der Waals surface area (Å²) in [6.07, 6.45) is 5.92. The van der Waals surface area contributed by atoms with Gasteiger partial charge in [-0.3, -0.25) is 4.79 Å². The maximum Gasteiger partial charge on any atom is 0.358 e. The predicted octanol–water partition coefficient (Wildman–Crippen LogP) is 4.75. The number of thioether (sulfide) groups is 1. The van der Waals surface area contributed by atoms with Crippen LogP contribution < -0.4 is 4.74 Å². The van der Waals surface area contributed by atoms with E-state index in [-0.39, 0.29) is 18.1 Å². The van der Waals surface area contributed by atoms with Crippen LogP contribution in [0, 0.1) is 0 Å². The van der Waals surface area contributed by atoms with E-state index in [1.165, 1.54) is 35.3 Å². The van der Waals surface area contributed by atoms with Gasteiger partial charge in [0.05, 0.1) is 12.1 Å². The van der Waals surface area contributed by atoms with Gasteiger partial charge >= 0.3 is 5.97 Å². The van der Waals surface area contributed by atoms with Gasteiger partial charge in [0, 0.05) is 24.1 Å². The standard InChI is InChI=1S/C24H30N2O4S2/c1-16(2)30-23(28)20-15-32-24(25-20)31-13-12-26-18(10-11-22(26)27)14-29-21-9-5-7-17-6-3-4-8-19(17)21/h5,7,9,15-16,18H,3-4,6,8,10-14H2,1-2H3/t18-/m1/s1. The molecule has 0 spiro atoms. The van der Waals surface area contributed by atoms with Gasteiger partial charge in [0.2, 0.25) is 5.91 Å². The molecule has 4 rings (SSSR count). The van der Waals surface area contributed by atoms with Crippen molar-refractivity contribution < 1.29 is 19.1 Å². The second kappa shape index (κ2) is 10.7. The number of esters is 1. The van der Waals surface area contributed by atoms with Crippen LogP contribution in [0.15, 0.2) is 27.9 Å². The van der Waals surface area contributed by atoms with Crippen molar-refractivity contribution >= 4 is 35.0 Å². The van der Waals surface area contributed by atoms with Crippen LogP contribution in [0.25, 0.3) is 0 Å². The summed E-state index contributed by atoms with van der Waals surface area (Å²) in [5, 5.41) is 1.73. The van der Waals surface area contributed by atoms with Crippen molar-refractivity contribution in [3.8, 4) is 5.75 Å². The third-order valence-electron chi connectivity index (χ3n) is 5.83. The Hall–Kier alpha value is -2.06. The molecule has 32 heavy (non-hydrogen) atoms. The van der Waals surface area contributed by atoms with E-state index in [1.54, 1.807) is 17.1 Å². The van der Waals surface area contributed by atoms with Gasteiger partial charge in [0.25, 0.3) is 0 Å². The van der Waals surface area contributed by atoms with Crippen molar-refractivity contribution in [3.05, 3.63) is 40.4 Å². The van der Waals surface area contributed by atoms with Crippen LogP contribution in [0.5, 0.6) is 5.75 Å². The van der Waals surface area contributed by atoms with Crippen molar-refractivity contribution in [1.29, 1.82) is 0 Å². The molecule has 1 aromatic heterocycles. The molecule has 1 saturated heterocycles. The monoisotopic (exact) mass is 474 g/mol. The normalized spacial score (nSPS) is 18.2. The van der Waals surface area contributed by atoms with Crippen LogP contribution in [-0.4, -0.2) is 52.8 Å². The molecule has 1 amide bonds. The lowest BCUT2D eigenvalue weighted by Crippen LogP contribution is -2.38. The molecule has 0 bridgehead atoms. The number of hydrogen-bond donors (Lipinski definition) is 0. The van der Waals surface area contributed by atoms with Gasteiger partial charge in [-0.05, 0) is 63.1 Å². The van der Waals surface area contributed by atoms with Crippen LogP contribution in [0.2, 0.25) is 0 Å². The van der Waals surface area contributed by atoms with Crippen LogP contribution in [0.3, 0.4) is 0 Å². The summed E-state index contributed by atoms with van der Waals surface area (Å²) in [6.45, 7) is 4.82. The molecule has 1 aromatic carbocycles. The Morgan fingerprint density at radius 2 is 2.12 bits per heavy atom. The minimum Gasteiger partial charge on any atom is -0.491 e. The molecule has 8 heteroatoms. The Morgan fingerprint density at radius 1 is 1.28 bits per heavy atom. The third kappa shape index (κ3) is 5.64. The van der Waals surface area contributed by atoms with E-state index in [1.807, 2.05) is 18.7 Å². The number of carbonyl (C=O) groups is 2. The maximum absolute atomic E-state index is 12.5. The maximum atomic E-state index is 12.5. The lowest BCUT2D eigenvalue weighted by Gasteiger charge is -2.26. The largest absolute Gasteiger partial charge is 0.491 e. The molecule has 0 unspecified atom stereocenters. The minimum absolute atomic E-state index is 0.107. The number of nitrogens with zero attached hydrogens (tertiary/aromatic N) is 2. The number of carbonyl (C=O) groups excluding carboxylic acids is 2. The molecule has 2 aromatic rings. The molecule has 1 aliphatic carbocycles. The molecular formula is C24H30N2O4S2. The van der Waals surface area contributed by atoms with Gasteiger partial charge in [0.15, 0.2) is 10.0 Å². The Morgan fingerprint density at radius 3 is 2.97 bits per heavy atom. The average molecular weight is 475 g/mol. The van der Waals surface area contributed by atoms with Gasteiger partial charge in [-0.2, -0.15) is 0 Å². The number of hydrogen-bond acceptors (Lipinski definition) is 7. The average Bonchev–Trinajstić information content (AvgIpc) is 3.39. The number of amides is 1. The molecule has 2 heterocycles. The topological polar surface area (TPSA) is 68.7 Å². The Balaban J connectivity index is 1.29. The van der Waals surface area contributed by atoms with E-state index in [0.717, 1.165) is 35.1 Å². The molecule has 172 valence electrons. The molecule has 6 nitrogen and oxygen atoms in total. The Kier molecular flexibility index (Phi) is 7.73. The predicted molar refractivity (Wildman–Crippen MR) is 127 cm³/mol. The van der Waals surface area contributed by atoms with Gasteiger partial charge in [0.1, 0.15) is 12.4 Å². The smallest absolute Gasteiger partial charge is 0.358 e. The second-order valence-electron chi connectivity index (χ2n) is 8.49. The van der Waals surface area contributed by atoms with Crippen LogP contribution in [0.1, 0.15) is 61.1 Å². The van der Waals surface area contributed by atoms with Crippen molar-refractivity contribution in [2.24, 2.45) is 0 Å². The zero-order valence-electron chi connectivity index (χ0n) is 18.7. The number of aryl methyl sites for hydroxylation is 1. The highest BCUT2D eigenvalue weighted by Gasteiger charge is 2.31. The van der Waals surface area contributed by atoms with Crippen molar-refractivity contribution in [3.63, 3.8) is 0 Å². The first-order valence-corrected chi connectivity index (χ1v) is 13.2. The first kappa shape index (κ1) is 23.1. The summed E-state index contributed by atoms with van der Waals surface area (Å²) in [6, 6.07) is 6.45. The highest BCUT2D eigenvalue weighted by molar-refractivity contribution is 8.01. The van der Waals surface area contributed by atoms with Crippen molar-refractivity contribution in [2.75, 3.05) is 18.9 Å². The van der Waals surface area contributed by atoms with Crippen LogP contribution in [-0.2, 0) is 22.4 Å².